The second kappa shape index (κ2) is 8.49. The van der Waals surface area contributed by atoms with Crippen LogP contribution >= 0.6 is 23.1 Å². The van der Waals surface area contributed by atoms with Crippen molar-refractivity contribution in [3.05, 3.63) is 57.5 Å². The highest BCUT2D eigenvalue weighted by atomic mass is 32.2. The van der Waals surface area contributed by atoms with E-state index in [9.17, 15) is 18.4 Å². The standard InChI is InChI=1S/C17H15F2N3O3S2/c1-10-7-27-17-20-11(6-15(24)22(10)17)8-26-9-14(23)21-12-4-2-3-5-13(12)25-16(18)19/h2-7,16H,8-9H2,1H3,(H,21,23). The lowest BCUT2D eigenvalue weighted by Crippen LogP contribution is -2.17. The van der Waals surface area contributed by atoms with Gasteiger partial charge < -0.3 is 10.1 Å². The van der Waals surface area contributed by atoms with Crippen LogP contribution < -0.4 is 15.6 Å². The molecular formula is C17H15F2N3O3S2. The summed E-state index contributed by atoms with van der Waals surface area (Å²) < 4.78 is 30.7. The quantitative estimate of drug-likeness (QED) is 0.644. The second-order valence-corrected chi connectivity index (χ2v) is 7.32. The van der Waals surface area contributed by atoms with Crippen molar-refractivity contribution in [3.63, 3.8) is 0 Å². The van der Waals surface area contributed by atoms with Gasteiger partial charge in [0, 0.05) is 22.9 Å². The normalized spacial score (nSPS) is 11.1. The number of aryl methyl sites for hydroxylation is 1. The first-order valence-electron chi connectivity index (χ1n) is 7.82. The molecule has 27 heavy (non-hydrogen) atoms. The number of aromatic nitrogens is 2. The summed E-state index contributed by atoms with van der Waals surface area (Å²) in [6.45, 7) is -1.14. The highest BCUT2D eigenvalue weighted by Gasteiger charge is 2.12. The average Bonchev–Trinajstić information content (AvgIpc) is 2.98. The number of hydrogen-bond donors (Lipinski definition) is 1. The lowest BCUT2D eigenvalue weighted by molar-refractivity contribution is -0.113. The van der Waals surface area contributed by atoms with Crippen LogP contribution in [0, 0.1) is 6.92 Å². The molecule has 3 aromatic rings. The summed E-state index contributed by atoms with van der Waals surface area (Å²) in [4.78, 5) is 29.2. The molecule has 0 radical (unpaired) electrons. The summed E-state index contributed by atoms with van der Waals surface area (Å²) in [5.41, 5.74) is 1.43. The molecule has 0 aliphatic carbocycles. The first-order valence-corrected chi connectivity index (χ1v) is 9.85. The smallest absolute Gasteiger partial charge is 0.387 e. The number of benzene rings is 1. The molecule has 0 aliphatic rings. The molecule has 6 nitrogen and oxygen atoms in total. The number of carbonyl (C=O) groups is 1. The van der Waals surface area contributed by atoms with Crippen LogP contribution in [-0.2, 0) is 10.5 Å². The van der Waals surface area contributed by atoms with Crippen molar-refractivity contribution < 1.29 is 18.3 Å². The van der Waals surface area contributed by atoms with Gasteiger partial charge in [-0.05, 0) is 19.1 Å². The summed E-state index contributed by atoms with van der Waals surface area (Å²) in [6.07, 6.45) is 0. The predicted molar refractivity (Wildman–Crippen MR) is 102 cm³/mol. The Morgan fingerprint density at radius 2 is 2.19 bits per heavy atom. The molecule has 0 fully saturated rings. The van der Waals surface area contributed by atoms with Gasteiger partial charge in [0.2, 0.25) is 5.91 Å². The molecule has 0 saturated carbocycles. The zero-order valence-corrected chi connectivity index (χ0v) is 15.8. The molecule has 10 heteroatoms. The summed E-state index contributed by atoms with van der Waals surface area (Å²) in [5.74, 6) is -0.00660. The maximum absolute atomic E-state index is 12.4. The minimum absolute atomic E-state index is 0.0769. The summed E-state index contributed by atoms with van der Waals surface area (Å²) in [6, 6.07) is 7.43. The van der Waals surface area contributed by atoms with Crippen LogP contribution in [0.4, 0.5) is 14.5 Å². The minimum Gasteiger partial charge on any atom is -0.433 e. The molecule has 1 aromatic carbocycles. The Bertz CT molecular complexity index is 1020. The van der Waals surface area contributed by atoms with Crippen LogP contribution in [0.2, 0.25) is 0 Å². The van der Waals surface area contributed by atoms with Gasteiger partial charge in [0.05, 0.1) is 17.1 Å². The van der Waals surface area contributed by atoms with E-state index in [0.29, 0.717) is 16.4 Å². The number of thiazole rings is 1. The Kier molecular flexibility index (Phi) is 6.07. The van der Waals surface area contributed by atoms with Crippen molar-refractivity contribution in [2.45, 2.75) is 19.3 Å². The fourth-order valence-electron chi connectivity index (χ4n) is 2.38. The number of hydrogen-bond acceptors (Lipinski definition) is 6. The minimum atomic E-state index is -2.97. The van der Waals surface area contributed by atoms with Crippen LogP contribution in [-0.4, -0.2) is 27.7 Å². The first kappa shape index (κ1) is 19.3. The fourth-order valence-corrected chi connectivity index (χ4v) is 3.99. The van der Waals surface area contributed by atoms with Gasteiger partial charge in [-0.1, -0.05) is 12.1 Å². The number of nitrogens with one attached hydrogen (secondary N) is 1. The van der Waals surface area contributed by atoms with Crippen molar-refractivity contribution in [2.75, 3.05) is 11.1 Å². The predicted octanol–water partition coefficient (Wildman–Crippen LogP) is 3.54. The molecule has 0 unspecified atom stereocenters. The number of rotatable bonds is 7. The van der Waals surface area contributed by atoms with Crippen molar-refractivity contribution >= 4 is 39.7 Å². The van der Waals surface area contributed by atoms with Crippen molar-refractivity contribution in [2.24, 2.45) is 0 Å². The molecule has 3 rings (SSSR count). The van der Waals surface area contributed by atoms with Gasteiger partial charge in [-0.2, -0.15) is 8.78 Å². The Balaban J connectivity index is 1.58. The van der Waals surface area contributed by atoms with Crippen LogP contribution in [0.15, 0.2) is 40.5 Å². The van der Waals surface area contributed by atoms with Gasteiger partial charge in [0.25, 0.3) is 5.56 Å². The lowest BCUT2D eigenvalue weighted by atomic mass is 10.3. The van der Waals surface area contributed by atoms with Gasteiger partial charge in [0.15, 0.2) is 4.96 Å². The molecule has 2 heterocycles. The van der Waals surface area contributed by atoms with E-state index in [-0.39, 0.29) is 28.7 Å². The molecule has 0 atom stereocenters. The van der Waals surface area contributed by atoms with Gasteiger partial charge >= 0.3 is 6.61 Å². The Labute approximate surface area is 161 Å². The van der Waals surface area contributed by atoms with Crippen LogP contribution in [0.3, 0.4) is 0 Å². The number of halogens is 2. The molecule has 0 aliphatic heterocycles. The van der Waals surface area contributed by atoms with E-state index in [1.807, 2.05) is 12.3 Å². The molecule has 1 amide bonds. The summed E-state index contributed by atoms with van der Waals surface area (Å²) >= 11 is 2.65. The molecule has 0 bridgehead atoms. The van der Waals surface area contributed by atoms with E-state index < -0.39 is 6.61 Å². The van der Waals surface area contributed by atoms with E-state index in [1.54, 1.807) is 6.07 Å². The molecule has 142 valence electrons. The molecule has 2 aromatic heterocycles. The zero-order chi connectivity index (χ0) is 19.4. The highest BCUT2D eigenvalue weighted by molar-refractivity contribution is 7.99. The number of thioether (sulfide) groups is 1. The van der Waals surface area contributed by atoms with Crippen LogP contribution in [0.1, 0.15) is 11.4 Å². The van der Waals surface area contributed by atoms with E-state index in [4.69, 9.17) is 0 Å². The third kappa shape index (κ3) is 4.83. The Morgan fingerprint density at radius 1 is 1.41 bits per heavy atom. The highest BCUT2D eigenvalue weighted by Crippen LogP contribution is 2.25. The van der Waals surface area contributed by atoms with Gasteiger partial charge in [-0.25, -0.2) is 4.98 Å². The largest absolute Gasteiger partial charge is 0.433 e. The van der Waals surface area contributed by atoms with Crippen molar-refractivity contribution in [1.82, 2.24) is 9.38 Å². The Morgan fingerprint density at radius 3 is 2.96 bits per heavy atom. The van der Waals surface area contributed by atoms with E-state index in [2.05, 4.69) is 15.0 Å². The van der Waals surface area contributed by atoms with E-state index in [0.717, 1.165) is 5.69 Å². The molecule has 0 spiro atoms. The van der Waals surface area contributed by atoms with Gasteiger partial charge in [-0.15, -0.1) is 23.1 Å². The van der Waals surface area contributed by atoms with E-state index >= 15 is 0 Å². The number of nitrogens with zero attached hydrogens (tertiary/aromatic N) is 2. The lowest BCUT2D eigenvalue weighted by Gasteiger charge is -2.11. The van der Waals surface area contributed by atoms with Crippen LogP contribution in [0.5, 0.6) is 5.75 Å². The maximum Gasteiger partial charge on any atom is 0.387 e. The van der Waals surface area contributed by atoms with Crippen molar-refractivity contribution in [3.8, 4) is 5.75 Å². The van der Waals surface area contributed by atoms with Gasteiger partial charge in [0.1, 0.15) is 5.75 Å². The number of carbonyl (C=O) groups excluding carboxylic acids is 1. The second-order valence-electron chi connectivity index (χ2n) is 5.50. The SMILES string of the molecule is Cc1csc2nc(CSCC(=O)Nc3ccccc3OC(F)F)cc(=O)n12. The number of amides is 1. The molecule has 1 N–H and O–H groups in total. The molecular weight excluding hydrogens is 396 g/mol. The number of alkyl halides is 2. The van der Waals surface area contributed by atoms with E-state index in [1.165, 1.54) is 51.8 Å². The third-order valence-electron chi connectivity index (χ3n) is 3.49. The first-order chi connectivity index (χ1) is 12.9. The van der Waals surface area contributed by atoms with Gasteiger partial charge in [-0.3, -0.25) is 14.0 Å². The monoisotopic (exact) mass is 411 g/mol. The summed E-state index contributed by atoms with van der Waals surface area (Å²) in [5, 5.41) is 4.40. The number of ether oxygens (including phenoxy) is 1. The summed E-state index contributed by atoms with van der Waals surface area (Å²) in [7, 11) is 0. The average molecular weight is 411 g/mol. The van der Waals surface area contributed by atoms with Crippen LogP contribution in [0.25, 0.3) is 4.96 Å². The number of para-hydroxylation sites is 2. The topological polar surface area (TPSA) is 72.7 Å². The maximum atomic E-state index is 12.4. The Hall–Kier alpha value is -2.46. The fraction of sp³-hybridized carbons (Fsp3) is 0.235. The third-order valence-corrected chi connectivity index (χ3v) is 5.40. The zero-order valence-electron chi connectivity index (χ0n) is 14.1. The van der Waals surface area contributed by atoms with Crippen molar-refractivity contribution in [1.29, 1.82) is 0 Å². The number of fused-ring (bicyclic) bond motifs is 1. The number of anilines is 1. The molecule has 0 saturated heterocycles.